The highest BCUT2D eigenvalue weighted by atomic mass is 79.9. The van der Waals surface area contributed by atoms with E-state index in [2.05, 4.69) is 34.7 Å². The maximum absolute atomic E-state index is 12.0. The standard InChI is InChI=1S/C21H27BrN2O2/c1-3-10-24(11-4-2)12-13-26-20-18(16-8-6-5-7-9-16)14-17(22)15-19(20)21(23)25/h5-9,14-15H,3-4,10-13H2,1-2H3,(H2,23,25). The van der Waals surface area contributed by atoms with Crippen molar-refractivity contribution in [2.45, 2.75) is 26.7 Å². The van der Waals surface area contributed by atoms with Gasteiger partial charge in [-0.1, -0.05) is 60.1 Å². The highest BCUT2D eigenvalue weighted by molar-refractivity contribution is 9.10. The van der Waals surface area contributed by atoms with E-state index in [9.17, 15) is 4.79 Å². The molecule has 0 aromatic heterocycles. The number of ether oxygens (including phenoxy) is 1. The number of benzene rings is 2. The second-order valence-corrected chi connectivity index (χ2v) is 7.17. The van der Waals surface area contributed by atoms with Crippen LogP contribution >= 0.6 is 15.9 Å². The van der Waals surface area contributed by atoms with Gasteiger partial charge in [0.1, 0.15) is 12.4 Å². The molecule has 2 N–H and O–H groups in total. The molecule has 26 heavy (non-hydrogen) atoms. The zero-order valence-electron chi connectivity index (χ0n) is 15.5. The predicted octanol–water partition coefficient (Wildman–Crippen LogP) is 4.72. The molecular formula is C21H27BrN2O2. The molecule has 0 spiro atoms. The summed E-state index contributed by atoms with van der Waals surface area (Å²) < 4.78 is 6.90. The minimum absolute atomic E-state index is 0.399. The van der Waals surface area contributed by atoms with Crippen molar-refractivity contribution in [1.82, 2.24) is 4.90 Å². The molecular weight excluding hydrogens is 392 g/mol. The summed E-state index contributed by atoms with van der Waals surface area (Å²) in [5.74, 6) is 0.0669. The molecule has 1 amide bonds. The lowest BCUT2D eigenvalue weighted by Gasteiger charge is -2.22. The van der Waals surface area contributed by atoms with Crippen LogP contribution in [0.4, 0.5) is 0 Å². The van der Waals surface area contributed by atoms with Gasteiger partial charge in [0.15, 0.2) is 0 Å². The van der Waals surface area contributed by atoms with Crippen molar-refractivity contribution in [3.63, 3.8) is 0 Å². The number of hydrogen-bond acceptors (Lipinski definition) is 3. The minimum atomic E-state index is -0.488. The lowest BCUT2D eigenvalue weighted by Crippen LogP contribution is -2.30. The fourth-order valence-electron chi connectivity index (χ4n) is 3.01. The molecule has 0 bridgehead atoms. The van der Waals surface area contributed by atoms with E-state index < -0.39 is 5.91 Å². The van der Waals surface area contributed by atoms with Gasteiger partial charge in [-0.2, -0.15) is 0 Å². The van der Waals surface area contributed by atoms with Gasteiger partial charge in [0.05, 0.1) is 5.56 Å². The lowest BCUT2D eigenvalue weighted by atomic mass is 10.0. The maximum atomic E-state index is 12.0. The van der Waals surface area contributed by atoms with Crippen LogP contribution in [0, 0.1) is 0 Å². The molecule has 0 radical (unpaired) electrons. The van der Waals surface area contributed by atoms with Crippen LogP contribution in [0.25, 0.3) is 11.1 Å². The van der Waals surface area contributed by atoms with Gasteiger partial charge in [-0.05, 0) is 43.6 Å². The minimum Gasteiger partial charge on any atom is -0.491 e. The summed E-state index contributed by atoms with van der Waals surface area (Å²) in [5, 5.41) is 0. The summed E-state index contributed by atoms with van der Waals surface area (Å²) in [6, 6.07) is 13.6. The highest BCUT2D eigenvalue weighted by Gasteiger charge is 2.17. The number of nitrogens with two attached hydrogens (primary N) is 1. The van der Waals surface area contributed by atoms with Crippen LogP contribution in [0.15, 0.2) is 46.9 Å². The van der Waals surface area contributed by atoms with Crippen molar-refractivity contribution in [2.75, 3.05) is 26.2 Å². The number of carbonyl (C=O) groups excluding carboxylic acids is 1. The van der Waals surface area contributed by atoms with E-state index in [0.29, 0.717) is 17.9 Å². The molecule has 2 aromatic carbocycles. The fraction of sp³-hybridized carbons (Fsp3) is 0.381. The Labute approximate surface area is 164 Å². The van der Waals surface area contributed by atoms with Crippen LogP contribution in [0.1, 0.15) is 37.0 Å². The number of rotatable bonds is 10. The Morgan fingerprint density at radius 2 is 1.73 bits per heavy atom. The van der Waals surface area contributed by atoms with Crippen LogP contribution in [0.5, 0.6) is 5.75 Å². The molecule has 0 heterocycles. The Hall–Kier alpha value is -1.85. The van der Waals surface area contributed by atoms with Gasteiger partial charge >= 0.3 is 0 Å². The van der Waals surface area contributed by atoms with Gasteiger partial charge in [0, 0.05) is 16.6 Å². The van der Waals surface area contributed by atoms with E-state index in [1.54, 1.807) is 6.07 Å². The van der Waals surface area contributed by atoms with Crippen LogP contribution in [-0.2, 0) is 0 Å². The first kappa shape index (κ1) is 20.5. The summed E-state index contributed by atoms with van der Waals surface area (Å²) in [6.07, 6.45) is 2.22. The van der Waals surface area contributed by atoms with Crippen molar-refractivity contribution >= 4 is 21.8 Å². The first-order valence-corrected chi connectivity index (χ1v) is 9.90. The molecule has 0 aliphatic rings. The molecule has 4 nitrogen and oxygen atoms in total. The second kappa shape index (κ2) is 10.3. The van der Waals surface area contributed by atoms with Crippen molar-refractivity contribution in [3.8, 4) is 16.9 Å². The van der Waals surface area contributed by atoms with Crippen LogP contribution < -0.4 is 10.5 Å². The second-order valence-electron chi connectivity index (χ2n) is 6.25. The summed E-state index contributed by atoms with van der Waals surface area (Å²) in [5.41, 5.74) is 7.86. The van der Waals surface area contributed by atoms with E-state index in [-0.39, 0.29) is 0 Å². The summed E-state index contributed by atoms with van der Waals surface area (Å²) in [4.78, 5) is 14.4. The van der Waals surface area contributed by atoms with E-state index in [0.717, 1.165) is 48.1 Å². The first-order chi connectivity index (χ1) is 12.6. The highest BCUT2D eigenvalue weighted by Crippen LogP contribution is 2.36. The van der Waals surface area contributed by atoms with Crippen molar-refractivity contribution in [2.24, 2.45) is 5.73 Å². The largest absolute Gasteiger partial charge is 0.491 e. The van der Waals surface area contributed by atoms with Gasteiger partial charge in [0.2, 0.25) is 0 Å². The van der Waals surface area contributed by atoms with Crippen molar-refractivity contribution in [1.29, 1.82) is 0 Å². The molecule has 2 rings (SSSR count). The van der Waals surface area contributed by atoms with E-state index in [4.69, 9.17) is 10.5 Å². The molecule has 0 aliphatic heterocycles. The third kappa shape index (κ3) is 5.58. The Morgan fingerprint density at radius 3 is 2.31 bits per heavy atom. The quantitative estimate of drug-likeness (QED) is 0.607. The number of halogens is 1. The van der Waals surface area contributed by atoms with Gasteiger partial charge < -0.3 is 10.5 Å². The van der Waals surface area contributed by atoms with Crippen molar-refractivity contribution in [3.05, 3.63) is 52.5 Å². The van der Waals surface area contributed by atoms with Crippen molar-refractivity contribution < 1.29 is 9.53 Å². The van der Waals surface area contributed by atoms with Crippen LogP contribution in [-0.4, -0.2) is 37.0 Å². The molecule has 140 valence electrons. The topological polar surface area (TPSA) is 55.6 Å². The number of hydrogen-bond donors (Lipinski definition) is 1. The summed E-state index contributed by atoms with van der Waals surface area (Å²) in [7, 11) is 0. The first-order valence-electron chi connectivity index (χ1n) is 9.10. The Bertz CT molecular complexity index is 713. The molecule has 0 aliphatic carbocycles. The third-order valence-corrected chi connectivity index (χ3v) is 4.60. The van der Waals surface area contributed by atoms with Gasteiger partial charge in [0.25, 0.3) is 5.91 Å². The Kier molecular flexibility index (Phi) is 8.13. The molecule has 2 aromatic rings. The summed E-state index contributed by atoms with van der Waals surface area (Å²) in [6.45, 7) is 7.79. The zero-order valence-corrected chi connectivity index (χ0v) is 17.1. The summed E-state index contributed by atoms with van der Waals surface area (Å²) >= 11 is 3.47. The molecule has 0 unspecified atom stereocenters. The van der Waals surface area contributed by atoms with E-state index in [1.165, 1.54) is 0 Å². The third-order valence-electron chi connectivity index (χ3n) is 4.14. The average molecular weight is 419 g/mol. The maximum Gasteiger partial charge on any atom is 0.252 e. The van der Waals surface area contributed by atoms with Gasteiger partial charge in [-0.25, -0.2) is 0 Å². The molecule has 0 saturated carbocycles. The molecule has 0 atom stereocenters. The fourth-order valence-corrected chi connectivity index (χ4v) is 3.47. The molecule has 0 saturated heterocycles. The molecule has 0 fully saturated rings. The average Bonchev–Trinajstić information content (AvgIpc) is 2.63. The van der Waals surface area contributed by atoms with Crippen LogP contribution in [0.2, 0.25) is 0 Å². The molecule has 5 heteroatoms. The smallest absolute Gasteiger partial charge is 0.252 e. The lowest BCUT2D eigenvalue weighted by molar-refractivity contribution is 0.0995. The van der Waals surface area contributed by atoms with Crippen LogP contribution in [0.3, 0.4) is 0 Å². The zero-order chi connectivity index (χ0) is 18.9. The number of amides is 1. The SMILES string of the molecule is CCCN(CCC)CCOc1c(C(N)=O)cc(Br)cc1-c1ccccc1. The normalized spacial score (nSPS) is 10.9. The van der Waals surface area contributed by atoms with E-state index in [1.807, 2.05) is 36.4 Å². The number of carbonyl (C=O) groups is 1. The predicted molar refractivity (Wildman–Crippen MR) is 111 cm³/mol. The van der Waals surface area contributed by atoms with E-state index >= 15 is 0 Å². The van der Waals surface area contributed by atoms with Gasteiger partial charge in [-0.15, -0.1) is 0 Å². The Morgan fingerprint density at radius 1 is 1.08 bits per heavy atom. The van der Waals surface area contributed by atoms with Gasteiger partial charge in [-0.3, -0.25) is 9.69 Å². The number of nitrogens with zero attached hydrogens (tertiary/aromatic N) is 1. The monoisotopic (exact) mass is 418 g/mol. The number of primary amides is 1. The Balaban J connectivity index is 2.29.